The van der Waals surface area contributed by atoms with Crippen LogP contribution in [0.2, 0.25) is 5.02 Å². The average Bonchev–Trinajstić information content (AvgIpc) is 2.36. The molecule has 0 fully saturated rings. The van der Waals surface area contributed by atoms with Gasteiger partial charge in [-0.1, -0.05) is 35.9 Å². The van der Waals surface area contributed by atoms with Gasteiger partial charge in [0.1, 0.15) is 0 Å². The van der Waals surface area contributed by atoms with Gasteiger partial charge < -0.3 is 5.73 Å². The van der Waals surface area contributed by atoms with E-state index in [4.69, 9.17) is 17.3 Å². The maximum Gasteiger partial charge on any atom is 0.0409 e. The van der Waals surface area contributed by atoms with Gasteiger partial charge in [-0.15, -0.1) is 13.2 Å². The van der Waals surface area contributed by atoms with Crippen LogP contribution >= 0.6 is 11.6 Å². The molecule has 98 valence electrons. The van der Waals surface area contributed by atoms with Crippen LogP contribution in [0.25, 0.3) is 0 Å². The molecule has 0 spiro atoms. The second kappa shape index (κ2) is 8.09. The predicted octanol–water partition coefficient (Wildman–Crippen LogP) is 3.40. The molecule has 0 aliphatic carbocycles. The molecule has 0 aromatic heterocycles. The minimum Gasteiger partial charge on any atom is -0.324 e. The maximum absolute atomic E-state index is 6.17. The smallest absolute Gasteiger partial charge is 0.0409 e. The van der Waals surface area contributed by atoms with Gasteiger partial charge >= 0.3 is 0 Å². The molecule has 1 atom stereocenters. The highest BCUT2D eigenvalue weighted by Gasteiger charge is 2.08. The summed E-state index contributed by atoms with van der Waals surface area (Å²) in [5.41, 5.74) is 7.25. The van der Waals surface area contributed by atoms with Crippen LogP contribution in [0.4, 0.5) is 0 Å². The quantitative estimate of drug-likeness (QED) is 0.729. The number of nitrogens with two attached hydrogens (primary N) is 1. The fourth-order valence-corrected chi connectivity index (χ4v) is 2.05. The van der Waals surface area contributed by atoms with Crippen molar-refractivity contribution < 1.29 is 0 Å². The molecular weight excluding hydrogens is 244 g/mol. The summed E-state index contributed by atoms with van der Waals surface area (Å²) in [5.74, 6) is 0. The third-order valence-electron chi connectivity index (χ3n) is 2.81. The van der Waals surface area contributed by atoms with Gasteiger partial charge in [-0.05, 0) is 24.1 Å². The first-order valence-corrected chi connectivity index (χ1v) is 6.50. The van der Waals surface area contributed by atoms with Crippen LogP contribution in [-0.2, 0) is 0 Å². The van der Waals surface area contributed by atoms with Crippen LogP contribution < -0.4 is 5.73 Å². The van der Waals surface area contributed by atoms with Crippen LogP contribution in [0.5, 0.6) is 0 Å². The summed E-state index contributed by atoms with van der Waals surface area (Å²) < 4.78 is 0. The summed E-state index contributed by atoms with van der Waals surface area (Å²) in [6.07, 6.45) is 4.69. The second-order valence-corrected chi connectivity index (χ2v) is 4.72. The minimum atomic E-state index is 0.0147. The van der Waals surface area contributed by atoms with Gasteiger partial charge in [0.2, 0.25) is 0 Å². The fourth-order valence-electron chi connectivity index (χ4n) is 1.85. The molecule has 0 saturated carbocycles. The van der Waals surface area contributed by atoms with Crippen LogP contribution in [0, 0.1) is 0 Å². The average molecular weight is 265 g/mol. The first-order valence-electron chi connectivity index (χ1n) is 6.12. The van der Waals surface area contributed by atoms with Gasteiger partial charge in [0.05, 0.1) is 0 Å². The Morgan fingerprint density at radius 2 is 1.94 bits per heavy atom. The molecule has 2 nitrogen and oxygen atoms in total. The van der Waals surface area contributed by atoms with Crippen molar-refractivity contribution in [3.8, 4) is 0 Å². The normalized spacial score (nSPS) is 12.4. The van der Waals surface area contributed by atoms with Gasteiger partial charge in [0.25, 0.3) is 0 Å². The van der Waals surface area contributed by atoms with Gasteiger partial charge in [-0.3, -0.25) is 4.90 Å². The molecule has 1 rings (SSSR count). The van der Waals surface area contributed by atoms with E-state index in [9.17, 15) is 0 Å². The Kier molecular flexibility index (Phi) is 6.73. The SMILES string of the molecule is C=CCN(CC=C)CCC(N)c1cccc(Cl)c1. The van der Waals surface area contributed by atoms with Crippen molar-refractivity contribution in [1.29, 1.82) is 0 Å². The van der Waals surface area contributed by atoms with Gasteiger partial charge in [0, 0.05) is 30.7 Å². The fraction of sp³-hybridized carbons (Fsp3) is 0.333. The third-order valence-corrected chi connectivity index (χ3v) is 3.04. The van der Waals surface area contributed by atoms with E-state index in [-0.39, 0.29) is 6.04 Å². The molecule has 18 heavy (non-hydrogen) atoms. The van der Waals surface area contributed by atoms with Crippen LogP contribution in [0.3, 0.4) is 0 Å². The Morgan fingerprint density at radius 1 is 1.28 bits per heavy atom. The zero-order valence-electron chi connectivity index (χ0n) is 10.7. The number of hydrogen-bond acceptors (Lipinski definition) is 2. The van der Waals surface area contributed by atoms with Gasteiger partial charge in [-0.25, -0.2) is 0 Å². The molecule has 0 saturated heterocycles. The zero-order valence-corrected chi connectivity index (χ0v) is 11.4. The first-order chi connectivity index (χ1) is 8.67. The first kappa shape index (κ1) is 15.0. The summed E-state index contributed by atoms with van der Waals surface area (Å²) >= 11 is 5.96. The third kappa shape index (κ3) is 5.05. The summed E-state index contributed by atoms with van der Waals surface area (Å²) in [6, 6.07) is 7.75. The van der Waals surface area contributed by atoms with Crippen molar-refractivity contribution in [3.05, 3.63) is 60.2 Å². The molecule has 0 aliphatic rings. The van der Waals surface area contributed by atoms with Crippen LogP contribution in [0.1, 0.15) is 18.0 Å². The molecule has 0 aliphatic heterocycles. The van der Waals surface area contributed by atoms with E-state index in [2.05, 4.69) is 18.1 Å². The molecule has 0 amide bonds. The number of rotatable bonds is 8. The van der Waals surface area contributed by atoms with Crippen molar-refractivity contribution >= 4 is 11.6 Å². The lowest BCUT2D eigenvalue weighted by Gasteiger charge is -2.21. The van der Waals surface area contributed by atoms with Crippen molar-refractivity contribution in [1.82, 2.24) is 4.90 Å². The lowest BCUT2D eigenvalue weighted by Crippen LogP contribution is -2.27. The molecule has 2 N–H and O–H groups in total. The van der Waals surface area contributed by atoms with Crippen molar-refractivity contribution in [3.63, 3.8) is 0 Å². The highest BCUT2D eigenvalue weighted by Crippen LogP contribution is 2.18. The number of nitrogens with zero attached hydrogens (tertiary/aromatic N) is 1. The summed E-state index contributed by atoms with van der Waals surface area (Å²) in [4.78, 5) is 2.25. The molecule has 1 aromatic rings. The standard InChI is InChI=1S/C15H21ClN2/c1-3-9-18(10-4-2)11-8-15(17)13-6-5-7-14(16)12-13/h3-7,12,15H,1-2,8-11,17H2. The Hall–Kier alpha value is -1.09. The van der Waals surface area contributed by atoms with Crippen LogP contribution in [-0.4, -0.2) is 24.5 Å². The lowest BCUT2D eigenvalue weighted by atomic mass is 10.0. The largest absolute Gasteiger partial charge is 0.324 e. The zero-order chi connectivity index (χ0) is 13.4. The monoisotopic (exact) mass is 264 g/mol. The lowest BCUT2D eigenvalue weighted by molar-refractivity contribution is 0.319. The van der Waals surface area contributed by atoms with Crippen LogP contribution in [0.15, 0.2) is 49.6 Å². The van der Waals surface area contributed by atoms with Crippen molar-refractivity contribution in [2.24, 2.45) is 5.73 Å². The molecule has 1 aromatic carbocycles. The van der Waals surface area contributed by atoms with E-state index in [1.54, 1.807) is 0 Å². The van der Waals surface area contributed by atoms with Gasteiger partial charge in [0.15, 0.2) is 0 Å². The highest BCUT2D eigenvalue weighted by atomic mass is 35.5. The Bertz CT molecular complexity index is 380. The number of benzene rings is 1. The topological polar surface area (TPSA) is 29.3 Å². The number of hydrogen-bond donors (Lipinski definition) is 1. The molecule has 3 heteroatoms. The van der Waals surface area contributed by atoms with E-state index >= 15 is 0 Å². The van der Waals surface area contributed by atoms with Gasteiger partial charge in [-0.2, -0.15) is 0 Å². The summed E-state index contributed by atoms with van der Waals surface area (Å²) in [5, 5.41) is 0.733. The number of halogens is 1. The molecule has 1 unspecified atom stereocenters. The van der Waals surface area contributed by atoms with E-state index in [1.807, 2.05) is 36.4 Å². The molecule has 0 bridgehead atoms. The summed E-state index contributed by atoms with van der Waals surface area (Å²) in [7, 11) is 0. The second-order valence-electron chi connectivity index (χ2n) is 4.29. The van der Waals surface area contributed by atoms with E-state index in [1.165, 1.54) is 0 Å². The van der Waals surface area contributed by atoms with Crippen molar-refractivity contribution in [2.45, 2.75) is 12.5 Å². The predicted molar refractivity (Wildman–Crippen MR) is 79.8 cm³/mol. The molecular formula is C15H21ClN2. The molecule has 0 heterocycles. The minimum absolute atomic E-state index is 0.0147. The molecule has 0 radical (unpaired) electrons. The highest BCUT2D eigenvalue weighted by molar-refractivity contribution is 6.30. The Labute approximate surface area is 115 Å². The Morgan fingerprint density at radius 3 is 2.50 bits per heavy atom. The summed E-state index contributed by atoms with van der Waals surface area (Å²) in [6.45, 7) is 10.1. The maximum atomic E-state index is 6.17. The Balaban J connectivity index is 2.50. The van der Waals surface area contributed by atoms with E-state index in [0.29, 0.717) is 0 Å². The van der Waals surface area contributed by atoms with Crippen molar-refractivity contribution in [2.75, 3.05) is 19.6 Å². The van der Waals surface area contributed by atoms with E-state index < -0.39 is 0 Å². The van der Waals surface area contributed by atoms with E-state index in [0.717, 1.165) is 36.6 Å².